The molecule has 0 spiro atoms. The Morgan fingerprint density at radius 3 is 1.79 bits per heavy atom. The lowest BCUT2D eigenvalue weighted by molar-refractivity contribution is 0.0730. The minimum Gasteiger partial charge on any atom is -0.379 e. The fraction of sp³-hybridized carbons (Fsp3) is 0.200. The second-order valence-electron chi connectivity index (χ2n) is 10.3. The third kappa shape index (κ3) is 9.04. The maximum atomic E-state index is 13.1. The van der Waals surface area contributed by atoms with Crippen molar-refractivity contribution in [2.24, 2.45) is 5.14 Å². The molecule has 0 unspecified atom stereocenters. The summed E-state index contributed by atoms with van der Waals surface area (Å²) in [5.74, 6) is 0. The number of sulfonamides is 2. The Labute approximate surface area is 284 Å². The molecular formula is C30H32N8O5S4. The Balaban J connectivity index is 1.43. The molecule has 1 aliphatic rings. The molecular weight excluding hydrogens is 681 g/mol. The van der Waals surface area contributed by atoms with Gasteiger partial charge in [-0.15, -0.1) is 0 Å². The van der Waals surface area contributed by atoms with Crippen LogP contribution in [0.15, 0.2) is 107 Å². The monoisotopic (exact) mass is 712 g/mol. The molecule has 1 saturated heterocycles. The van der Waals surface area contributed by atoms with Gasteiger partial charge >= 0.3 is 0 Å². The maximum absolute atomic E-state index is 13.1. The van der Waals surface area contributed by atoms with E-state index in [0.717, 1.165) is 11.1 Å². The van der Waals surface area contributed by atoms with Gasteiger partial charge in [0.1, 0.15) is 0 Å². The minimum absolute atomic E-state index is 0.0327. The van der Waals surface area contributed by atoms with E-state index in [1.165, 1.54) is 28.6 Å². The Bertz CT molecular complexity index is 1890. The number of thiocarbonyl (C=S) groups is 2. The third-order valence-corrected chi connectivity index (χ3v) is 10.5. The quantitative estimate of drug-likeness (QED) is 0.172. The van der Waals surface area contributed by atoms with Crippen LogP contribution >= 0.6 is 24.4 Å². The van der Waals surface area contributed by atoms with Crippen molar-refractivity contribution in [2.45, 2.75) is 22.9 Å². The van der Waals surface area contributed by atoms with E-state index < -0.39 is 20.0 Å². The molecule has 0 radical (unpaired) electrons. The van der Waals surface area contributed by atoms with Gasteiger partial charge in [-0.25, -0.2) is 22.0 Å². The molecule has 246 valence electrons. The summed E-state index contributed by atoms with van der Waals surface area (Å²) in [5.41, 5.74) is 2.81. The van der Waals surface area contributed by atoms with Crippen molar-refractivity contribution < 1.29 is 21.6 Å². The number of ether oxygens (including phenoxy) is 1. The second-order valence-corrected chi connectivity index (χ2v) is 14.6. The predicted molar refractivity (Wildman–Crippen MR) is 186 cm³/mol. The molecule has 1 fully saturated rings. The lowest BCUT2D eigenvalue weighted by Crippen LogP contribution is -2.51. The number of nitrogens with two attached hydrogens (primary N) is 1. The van der Waals surface area contributed by atoms with Crippen molar-refractivity contribution in [3.63, 3.8) is 0 Å². The molecule has 2 aromatic heterocycles. The Kier molecular flexibility index (Phi) is 11.1. The van der Waals surface area contributed by atoms with Crippen LogP contribution in [0.3, 0.4) is 0 Å². The molecule has 4 aromatic rings. The highest BCUT2D eigenvalue weighted by Crippen LogP contribution is 2.22. The summed E-state index contributed by atoms with van der Waals surface area (Å²) in [5, 5.41) is 15.7. The largest absolute Gasteiger partial charge is 0.379 e. The number of nitrogens with one attached hydrogen (secondary N) is 2. The van der Waals surface area contributed by atoms with Gasteiger partial charge in [-0.3, -0.25) is 20.0 Å². The Morgan fingerprint density at radius 2 is 1.28 bits per heavy atom. The van der Waals surface area contributed by atoms with Crippen molar-refractivity contribution in [1.29, 1.82) is 0 Å². The molecule has 2 aromatic carbocycles. The summed E-state index contributed by atoms with van der Waals surface area (Å²) in [7, 11) is -7.54. The predicted octanol–water partition coefficient (Wildman–Crippen LogP) is 3.16. The summed E-state index contributed by atoms with van der Waals surface area (Å²) in [6.07, 6.45) is 6.73. The number of aromatic nitrogens is 2. The molecule has 0 bridgehead atoms. The summed E-state index contributed by atoms with van der Waals surface area (Å²) in [6, 6.07) is 19.7. The van der Waals surface area contributed by atoms with Gasteiger partial charge in [-0.1, -0.05) is 6.07 Å². The maximum Gasteiger partial charge on any atom is 0.243 e. The molecule has 0 amide bonds. The first-order valence-electron chi connectivity index (χ1n) is 14.3. The van der Waals surface area contributed by atoms with E-state index in [1.54, 1.807) is 59.1 Å². The van der Waals surface area contributed by atoms with Crippen molar-refractivity contribution in [3.8, 4) is 0 Å². The number of primary sulfonamides is 1. The topological polar surface area (TPSA) is 163 Å². The van der Waals surface area contributed by atoms with Gasteiger partial charge in [-0.05, 0) is 102 Å². The third-order valence-electron chi connectivity index (χ3n) is 7.04. The molecule has 13 nitrogen and oxygen atoms in total. The van der Waals surface area contributed by atoms with Crippen molar-refractivity contribution in [2.75, 3.05) is 36.9 Å². The number of benzene rings is 2. The highest BCUT2D eigenvalue weighted by atomic mass is 32.2. The van der Waals surface area contributed by atoms with Crippen LogP contribution in [0.5, 0.6) is 0 Å². The van der Waals surface area contributed by atoms with E-state index in [0.29, 0.717) is 37.7 Å². The van der Waals surface area contributed by atoms with Crippen molar-refractivity contribution in [3.05, 3.63) is 109 Å². The van der Waals surface area contributed by atoms with E-state index in [4.69, 9.17) is 34.3 Å². The summed E-state index contributed by atoms with van der Waals surface area (Å²) < 4.78 is 56.5. The highest BCUT2D eigenvalue weighted by molar-refractivity contribution is 7.89. The number of nitrogens with zero attached hydrogens (tertiary/aromatic N) is 5. The molecule has 47 heavy (non-hydrogen) atoms. The molecule has 0 atom stereocenters. The number of hydrogen-bond donors (Lipinski definition) is 3. The Hall–Kier alpha value is -4.10. The Morgan fingerprint density at radius 1 is 0.745 bits per heavy atom. The van der Waals surface area contributed by atoms with Crippen LogP contribution in [0.4, 0.5) is 11.4 Å². The standard InChI is InChI=1S/C30H32N8O5S4/c31-46(39,40)27-7-3-25(4-8-27)34-30(45)38(22-24-2-1-13-33-20-24)37(21-23-11-14-32-15-12-23)29(44)35-26-5-9-28(10-6-26)47(41,42)36-16-18-43-19-17-36/h1-15,20H,16-19,21-22H2,(H,34,45)(H,35,44)(H2,31,39,40). The average molecular weight is 713 g/mol. The summed E-state index contributed by atoms with van der Waals surface area (Å²) >= 11 is 11.8. The number of pyridine rings is 2. The van der Waals surface area contributed by atoms with Crippen molar-refractivity contribution >= 4 is 66.1 Å². The van der Waals surface area contributed by atoms with Crippen LogP contribution in [0.1, 0.15) is 11.1 Å². The zero-order valence-corrected chi connectivity index (χ0v) is 28.2. The van der Waals surface area contributed by atoms with Crippen LogP contribution in [-0.4, -0.2) is 77.7 Å². The molecule has 1 aliphatic heterocycles. The number of morpholine rings is 1. The first-order chi connectivity index (χ1) is 22.5. The second kappa shape index (κ2) is 15.2. The number of hydrazine groups is 1. The van der Waals surface area contributed by atoms with Crippen LogP contribution in [0.25, 0.3) is 0 Å². The van der Waals surface area contributed by atoms with Gasteiger partial charge in [0, 0.05) is 49.3 Å². The summed E-state index contributed by atoms with van der Waals surface area (Å²) in [6.45, 7) is 1.85. The van der Waals surface area contributed by atoms with Gasteiger partial charge in [-0.2, -0.15) is 4.31 Å². The van der Waals surface area contributed by atoms with Crippen molar-refractivity contribution in [1.82, 2.24) is 24.3 Å². The van der Waals surface area contributed by atoms with Gasteiger partial charge < -0.3 is 15.4 Å². The highest BCUT2D eigenvalue weighted by Gasteiger charge is 2.27. The molecule has 0 aliphatic carbocycles. The van der Waals surface area contributed by atoms with Gasteiger partial charge in [0.25, 0.3) is 0 Å². The van der Waals surface area contributed by atoms with Crippen LogP contribution in [0.2, 0.25) is 0 Å². The number of anilines is 2. The number of hydrogen-bond acceptors (Lipinski definition) is 9. The van der Waals surface area contributed by atoms with Gasteiger partial charge in [0.2, 0.25) is 20.0 Å². The van der Waals surface area contributed by atoms with Crippen LogP contribution < -0.4 is 15.8 Å². The number of rotatable bonds is 9. The van der Waals surface area contributed by atoms with E-state index in [1.807, 2.05) is 24.3 Å². The molecule has 17 heteroatoms. The van der Waals surface area contributed by atoms with Crippen LogP contribution in [0, 0.1) is 0 Å². The van der Waals surface area contributed by atoms with E-state index in [9.17, 15) is 16.8 Å². The first kappa shape index (κ1) is 34.2. The van der Waals surface area contributed by atoms with Crippen LogP contribution in [-0.2, 0) is 37.9 Å². The van der Waals surface area contributed by atoms with Gasteiger partial charge in [0.15, 0.2) is 10.2 Å². The lowest BCUT2D eigenvalue weighted by Gasteiger charge is -2.38. The fourth-order valence-electron chi connectivity index (χ4n) is 4.61. The SMILES string of the molecule is NS(=O)(=O)c1ccc(NC(=S)N(Cc2cccnc2)N(Cc2ccncc2)C(=S)Nc2ccc(S(=O)(=O)N3CCOCC3)cc2)cc1. The molecule has 5 rings (SSSR count). The smallest absolute Gasteiger partial charge is 0.243 e. The van der Waals surface area contributed by atoms with E-state index in [-0.39, 0.29) is 33.1 Å². The average Bonchev–Trinajstić information content (AvgIpc) is 3.07. The molecule has 3 heterocycles. The zero-order valence-electron chi connectivity index (χ0n) is 25.0. The normalized spacial score (nSPS) is 13.8. The molecule has 0 saturated carbocycles. The first-order valence-corrected chi connectivity index (χ1v) is 18.1. The van der Waals surface area contributed by atoms with E-state index in [2.05, 4.69) is 20.6 Å². The minimum atomic E-state index is -3.87. The lowest BCUT2D eigenvalue weighted by atomic mass is 10.2. The fourth-order valence-corrected chi connectivity index (χ4v) is 7.09. The van der Waals surface area contributed by atoms with E-state index >= 15 is 0 Å². The summed E-state index contributed by atoms with van der Waals surface area (Å²) in [4.78, 5) is 8.49. The zero-order chi connectivity index (χ0) is 33.4. The van der Waals surface area contributed by atoms with Gasteiger partial charge in [0.05, 0.1) is 36.1 Å². The molecule has 4 N–H and O–H groups in total.